The molecule has 0 bridgehead atoms. The SMILES string of the molecule is O=C(CBr)Nc1ccc(/C=C/c2ccc(NC(=O)CBr)cc2)cc1. The van der Waals surface area contributed by atoms with E-state index in [9.17, 15) is 9.59 Å². The first-order valence-electron chi connectivity index (χ1n) is 7.20. The van der Waals surface area contributed by atoms with Crippen molar-refractivity contribution in [1.82, 2.24) is 0 Å². The molecule has 0 saturated carbocycles. The van der Waals surface area contributed by atoms with E-state index in [1.807, 2.05) is 60.7 Å². The fraction of sp³-hybridized carbons (Fsp3) is 0.111. The summed E-state index contributed by atoms with van der Waals surface area (Å²) in [7, 11) is 0. The first kappa shape index (κ1) is 18.4. The van der Waals surface area contributed by atoms with Crippen LogP contribution in [0.1, 0.15) is 11.1 Å². The smallest absolute Gasteiger partial charge is 0.235 e. The monoisotopic (exact) mass is 450 g/mol. The molecule has 6 heteroatoms. The van der Waals surface area contributed by atoms with Crippen molar-refractivity contribution in [3.63, 3.8) is 0 Å². The zero-order valence-corrected chi connectivity index (χ0v) is 15.9. The van der Waals surface area contributed by atoms with Gasteiger partial charge < -0.3 is 10.6 Å². The van der Waals surface area contributed by atoms with Gasteiger partial charge in [-0.25, -0.2) is 0 Å². The number of carbonyl (C=O) groups excluding carboxylic acids is 2. The Balaban J connectivity index is 1.97. The van der Waals surface area contributed by atoms with E-state index in [1.165, 1.54) is 0 Å². The van der Waals surface area contributed by atoms with Crippen LogP contribution in [0.5, 0.6) is 0 Å². The maximum Gasteiger partial charge on any atom is 0.235 e. The maximum absolute atomic E-state index is 11.3. The van der Waals surface area contributed by atoms with Gasteiger partial charge in [-0.15, -0.1) is 0 Å². The minimum Gasteiger partial charge on any atom is -0.325 e. The van der Waals surface area contributed by atoms with E-state index < -0.39 is 0 Å². The van der Waals surface area contributed by atoms with Crippen molar-refractivity contribution in [2.24, 2.45) is 0 Å². The number of amides is 2. The first-order chi connectivity index (χ1) is 11.6. The van der Waals surface area contributed by atoms with Gasteiger partial charge in [-0.2, -0.15) is 0 Å². The number of hydrogen-bond donors (Lipinski definition) is 2. The summed E-state index contributed by atoms with van der Waals surface area (Å²) in [6.45, 7) is 0. The third kappa shape index (κ3) is 5.94. The highest BCUT2D eigenvalue weighted by Gasteiger charge is 2.00. The molecule has 0 aliphatic rings. The van der Waals surface area contributed by atoms with Crippen molar-refractivity contribution in [3.05, 3.63) is 59.7 Å². The Morgan fingerprint density at radius 1 is 0.708 bits per heavy atom. The van der Waals surface area contributed by atoms with Gasteiger partial charge in [0.15, 0.2) is 0 Å². The number of nitrogens with one attached hydrogen (secondary N) is 2. The van der Waals surface area contributed by atoms with E-state index in [-0.39, 0.29) is 22.5 Å². The van der Waals surface area contributed by atoms with E-state index in [1.54, 1.807) is 0 Å². The molecule has 0 atom stereocenters. The van der Waals surface area contributed by atoms with Gasteiger partial charge in [0.1, 0.15) is 0 Å². The predicted octanol–water partition coefficient (Wildman–Crippen LogP) is 4.52. The average Bonchev–Trinajstić information content (AvgIpc) is 2.62. The number of halogens is 2. The van der Waals surface area contributed by atoms with Crippen LogP contribution in [-0.4, -0.2) is 22.5 Å². The van der Waals surface area contributed by atoms with Gasteiger partial charge in [0, 0.05) is 11.4 Å². The van der Waals surface area contributed by atoms with E-state index in [0.29, 0.717) is 0 Å². The lowest BCUT2D eigenvalue weighted by Crippen LogP contribution is -2.11. The molecule has 2 N–H and O–H groups in total. The second-order valence-electron chi connectivity index (χ2n) is 4.94. The van der Waals surface area contributed by atoms with Gasteiger partial charge >= 0.3 is 0 Å². The van der Waals surface area contributed by atoms with E-state index in [2.05, 4.69) is 42.5 Å². The molecule has 2 rings (SSSR count). The number of benzene rings is 2. The Morgan fingerprint density at radius 3 is 1.33 bits per heavy atom. The third-order valence-corrected chi connectivity index (χ3v) is 4.12. The van der Waals surface area contributed by atoms with Crippen molar-refractivity contribution in [1.29, 1.82) is 0 Å². The van der Waals surface area contributed by atoms with E-state index >= 15 is 0 Å². The highest BCUT2D eigenvalue weighted by molar-refractivity contribution is 9.09. The van der Waals surface area contributed by atoms with Crippen LogP contribution in [0.4, 0.5) is 11.4 Å². The average molecular weight is 452 g/mol. The predicted molar refractivity (Wildman–Crippen MR) is 107 cm³/mol. The van der Waals surface area contributed by atoms with Gasteiger partial charge in [-0.1, -0.05) is 68.3 Å². The van der Waals surface area contributed by atoms with Gasteiger partial charge in [0.25, 0.3) is 0 Å². The van der Waals surface area contributed by atoms with Crippen molar-refractivity contribution >= 4 is 67.2 Å². The maximum atomic E-state index is 11.3. The van der Waals surface area contributed by atoms with Crippen molar-refractivity contribution < 1.29 is 9.59 Å². The minimum absolute atomic E-state index is 0.0784. The summed E-state index contributed by atoms with van der Waals surface area (Å²) in [5.41, 5.74) is 3.60. The number of alkyl halides is 2. The summed E-state index contributed by atoms with van der Waals surface area (Å²) in [6.07, 6.45) is 3.98. The summed E-state index contributed by atoms with van der Waals surface area (Å²) in [5, 5.41) is 6.10. The highest BCUT2D eigenvalue weighted by atomic mass is 79.9. The molecule has 4 nitrogen and oxygen atoms in total. The normalized spacial score (nSPS) is 10.6. The zero-order valence-electron chi connectivity index (χ0n) is 12.8. The molecule has 0 fully saturated rings. The molecule has 0 aromatic heterocycles. The highest BCUT2D eigenvalue weighted by Crippen LogP contribution is 2.15. The van der Waals surface area contributed by atoms with Crippen LogP contribution in [0.3, 0.4) is 0 Å². The molecule has 0 aliphatic heterocycles. The summed E-state index contributed by atoms with van der Waals surface area (Å²) < 4.78 is 0. The Hall–Kier alpha value is -1.92. The Morgan fingerprint density at radius 2 is 1.04 bits per heavy atom. The molecule has 2 amide bonds. The molecule has 2 aromatic rings. The van der Waals surface area contributed by atoms with Crippen LogP contribution in [-0.2, 0) is 9.59 Å². The third-order valence-electron chi connectivity index (χ3n) is 3.10. The number of hydrogen-bond acceptors (Lipinski definition) is 2. The number of carbonyl (C=O) groups is 2. The molecule has 0 unspecified atom stereocenters. The van der Waals surface area contributed by atoms with Gasteiger partial charge in [-0.05, 0) is 35.4 Å². The number of rotatable bonds is 6. The molecule has 0 heterocycles. The summed E-state index contributed by atoms with van der Waals surface area (Å²) in [5.74, 6) is -0.157. The fourth-order valence-electron chi connectivity index (χ4n) is 1.94. The molecular formula is C18H16Br2N2O2. The Labute approximate surface area is 157 Å². The second-order valence-corrected chi connectivity index (χ2v) is 6.06. The fourth-order valence-corrected chi connectivity index (χ4v) is 2.22. The van der Waals surface area contributed by atoms with Crippen LogP contribution >= 0.6 is 31.9 Å². The Bertz CT molecular complexity index is 662. The molecule has 2 aromatic carbocycles. The lowest BCUT2D eigenvalue weighted by Gasteiger charge is -2.04. The molecule has 124 valence electrons. The van der Waals surface area contributed by atoms with Crippen molar-refractivity contribution in [2.75, 3.05) is 21.3 Å². The molecule has 0 aliphatic carbocycles. The topological polar surface area (TPSA) is 58.2 Å². The second kappa shape index (κ2) is 9.39. The van der Waals surface area contributed by atoms with Gasteiger partial charge in [-0.3, -0.25) is 9.59 Å². The largest absolute Gasteiger partial charge is 0.325 e. The molecule has 24 heavy (non-hydrogen) atoms. The van der Waals surface area contributed by atoms with E-state index in [4.69, 9.17) is 0 Å². The van der Waals surface area contributed by atoms with Crippen molar-refractivity contribution in [2.45, 2.75) is 0 Å². The molecular weight excluding hydrogens is 436 g/mol. The van der Waals surface area contributed by atoms with Crippen LogP contribution < -0.4 is 10.6 Å². The van der Waals surface area contributed by atoms with Crippen LogP contribution in [0, 0.1) is 0 Å². The first-order valence-corrected chi connectivity index (χ1v) is 9.45. The van der Waals surface area contributed by atoms with Crippen molar-refractivity contribution in [3.8, 4) is 0 Å². The summed E-state index contributed by atoms with van der Waals surface area (Å²) in [6, 6.07) is 15.2. The molecule has 0 radical (unpaired) electrons. The minimum atomic E-state index is -0.0784. The van der Waals surface area contributed by atoms with E-state index in [0.717, 1.165) is 22.5 Å². The lowest BCUT2D eigenvalue weighted by atomic mass is 10.1. The van der Waals surface area contributed by atoms with Gasteiger partial charge in [0.05, 0.1) is 10.7 Å². The van der Waals surface area contributed by atoms with Gasteiger partial charge in [0.2, 0.25) is 11.8 Å². The lowest BCUT2D eigenvalue weighted by molar-refractivity contribution is -0.114. The van der Waals surface area contributed by atoms with Crippen LogP contribution in [0.25, 0.3) is 12.2 Å². The standard InChI is InChI=1S/C18H16Br2N2O2/c19-11-17(23)21-15-7-3-13(4-8-15)1-2-14-5-9-16(10-6-14)22-18(24)12-20/h1-10H,11-12H2,(H,21,23)(H,22,24)/b2-1+. The number of anilines is 2. The molecule has 0 saturated heterocycles. The quantitative estimate of drug-likeness (QED) is 0.500. The molecule has 0 spiro atoms. The van der Waals surface area contributed by atoms with Crippen LogP contribution in [0.2, 0.25) is 0 Å². The summed E-state index contributed by atoms with van der Waals surface area (Å²) >= 11 is 6.22. The zero-order chi connectivity index (χ0) is 17.4. The Kier molecular flexibility index (Phi) is 7.21. The van der Waals surface area contributed by atoms with Crippen LogP contribution in [0.15, 0.2) is 48.5 Å². The summed E-state index contributed by atoms with van der Waals surface area (Å²) in [4.78, 5) is 22.6.